The second-order valence-electron chi connectivity index (χ2n) is 8.00. The lowest BCUT2D eigenvalue weighted by molar-refractivity contribution is 0.0713. The Hall–Kier alpha value is -3.60. The fraction of sp³-hybridized carbons (Fsp3) is 0.231. The van der Waals surface area contributed by atoms with Crippen LogP contribution >= 0.6 is 0 Å². The molecule has 0 bridgehead atoms. The summed E-state index contributed by atoms with van der Waals surface area (Å²) in [4.78, 5) is 19.7. The number of hydrogen-bond donors (Lipinski definition) is 0. The number of amides is 1. The van der Waals surface area contributed by atoms with Crippen molar-refractivity contribution in [2.24, 2.45) is 0 Å². The number of carbonyl (C=O) groups is 1. The van der Waals surface area contributed by atoms with Crippen LogP contribution in [0.2, 0.25) is 0 Å². The van der Waals surface area contributed by atoms with Gasteiger partial charge in [0.25, 0.3) is 5.91 Å². The number of hydrogen-bond acceptors (Lipinski definition) is 3. The smallest absolute Gasteiger partial charge is 0.255 e. The summed E-state index contributed by atoms with van der Waals surface area (Å²) in [5, 5.41) is 0.959. The second kappa shape index (κ2) is 8.26. The van der Waals surface area contributed by atoms with E-state index in [0.717, 1.165) is 48.4 Å². The van der Waals surface area contributed by atoms with Crippen molar-refractivity contribution in [3.05, 3.63) is 90.3 Å². The zero-order chi connectivity index (χ0) is 21.2. The van der Waals surface area contributed by atoms with Gasteiger partial charge in [0.1, 0.15) is 11.4 Å². The summed E-state index contributed by atoms with van der Waals surface area (Å²) in [6.07, 6.45) is 5.69. The highest BCUT2D eigenvalue weighted by Gasteiger charge is 2.25. The number of carbonyl (C=O) groups excluding carboxylic acids is 1. The van der Waals surface area contributed by atoms with Crippen LogP contribution in [0, 0.1) is 0 Å². The van der Waals surface area contributed by atoms with E-state index in [4.69, 9.17) is 4.74 Å². The van der Waals surface area contributed by atoms with E-state index in [9.17, 15) is 4.79 Å². The molecule has 0 saturated carbocycles. The summed E-state index contributed by atoms with van der Waals surface area (Å²) >= 11 is 0. The van der Waals surface area contributed by atoms with E-state index in [0.29, 0.717) is 11.5 Å². The average molecular weight is 412 g/mol. The van der Waals surface area contributed by atoms with E-state index in [1.807, 2.05) is 58.1 Å². The van der Waals surface area contributed by atoms with Crippen molar-refractivity contribution >= 4 is 16.9 Å². The number of fused-ring (bicyclic) bond motifs is 1. The molecule has 5 nitrogen and oxygen atoms in total. The van der Waals surface area contributed by atoms with Crippen LogP contribution < -0.4 is 4.74 Å². The fourth-order valence-electron chi connectivity index (χ4n) is 4.42. The molecule has 0 radical (unpaired) electrons. The molecule has 2 aromatic carbocycles. The molecule has 5 heteroatoms. The lowest BCUT2D eigenvalue weighted by Crippen LogP contribution is -2.37. The molecule has 0 N–H and O–H groups in total. The molecule has 1 fully saturated rings. The predicted molar refractivity (Wildman–Crippen MR) is 122 cm³/mol. The Balaban J connectivity index is 1.32. The second-order valence-corrected chi connectivity index (χ2v) is 8.00. The Morgan fingerprint density at radius 2 is 1.74 bits per heavy atom. The molecule has 0 unspecified atom stereocenters. The predicted octanol–water partition coefficient (Wildman–Crippen LogP) is 5.05. The van der Waals surface area contributed by atoms with E-state index in [-0.39, 0.29) is 5.91 Å². The zero-order valence-corrected chi connectivity index (χ0v) is 17.6. The van der Waals surface area contributed by atoms with Gasteiger partial charge in [0, 0.05) is 36.6 Å². The van der Waals surface area contributed by atoms with Gasteiger partial charge in [-0.1, -0.05) is 30.3 Å². The van der Waals surface area contributed by atoms with Gasteiger partial charge in [-0.3, -0.25) is 4.79 Å². The fourth-order valence-corrected chi connectivity index (χ4v) is 4.42. The molecule has 1 aliphatic heterocycles. The molecule has 1 aliphatic rings. The largest absolute Gasteiger partial charge is 0.497 e. The van der Waals surface area contributed by atoms with Gasteiger partial charge >= 0.3 is 0 Å². The molecule has 156 valence electrons. The number of ether oxygens (including phenoxy) is 1. The molecule has 1 saturated heterocycles. The topological polar surface area (TPSA) is 47.4 Å². The van der Waals surface area contributed by atoms with Crippen LogP contribution in [0.5, 0.6) is 5.75 Å². The highest BCUT2D eigenvalue weighted by molar-refractivity contribution is 5.97. The summed E-state index contributed by atoms with van der Waals surface area (Å²) in [6.45, 7) is 1.56. The monoisotopic (exact) mass is 411 g/mol. The summed E-state index contributed by atoms with van der Waals surface area (Å²) in [6, 6.07) is 22.4. The lowest BCUT2D eigenvalue weighted by atomic mass is 9.89. The van der Waals surface area contributed by atoms with E-state index in [1.165, 1.54) is 5.56 Å². The molecule has 31 heavy (non-hydrogen) atoms. The van der Waals surface area contributed by atoms with Crippen LogP contribution in [-0.4, -0.2) is 40.6 Å². The van der Waals surface area contributed by atoms with E-state index in [1.54, 1.807) is 13.3 Å². The van der Waals surface area contributed by atoms with Crippen molar-refractivity contribution in [3.8, 4) is 11.4 Å². The Morgan fingerprint density at radius 3 is 2.45 bits per heavy atom. The minimum atomic E-state index is 0.0677. The number of aromatic nitrogens is 2. The highest BCUT2D eigenvalue weighted by Crippen LogP contribution is 2.29. The molecule has 0 aliphatic carbocycles. The van der Waals surface area contributed by atoms with Gasteiger partial charge in [-0.05, 0) is 60.7 Å². The number of nitrogens with zero attached hydrogens (tertiary/aromatic N) is 3. The van der Waals surface area contributed by atoms with Gasteiger partial charge in [0.05, 0.1) is 12.7 Å². The first-order valence-corrected chi connectivity index (χ1v) is 10.7. The Morgan fingerprint density at radius 1 is 1.00 bits per heavy atom. The van der Waals surface area contributed by atoms with Crippen molar-refractivity contribution in [1.29, 1.82) is 0 Å². The zero-order valence-electron chi connectivity index (χ0n) is 17.6. The van der Waals surface area contributed by atoms with Crippen LogP contribution in [0.3, 0.4) is 0 Å². The van der Waals surface area contributed by atoms with Crippen LogP contribution in [0.4, 0.5) is 0 Å². The maximum atomic E-state index is 13.1. The van der Waals surface area contributed by atoms with Gasteiger partial charge < -0.3 is 14.2 Å². The maximum Gasteiger partial charge on any atom is 0.255 e. The van der Waals surface area contributed by atoms with Crippen molar-refractivity contribution < 1.29 is 9.53 Å². The van der Waals surface area contributed by atoms with Crippen LogP contribution in [-0.2, 0) is 0 Å². The van der Waals surface area contributed by atoms with E-state index in [2.05, 4.69) is 29.2 Å². The molecule has 0 spiro atoms. The summed E-state index contributed by atoms with van der Waals surface area (Å²) in [5.74, 6) is 1.42. The molecule has 1 amide bonds. The first-order valence-electron chi connectivity index (χ1n) is 10.7. The Bertz CT molecular complexity index is 1190. The van der Waals surface area contributed by atoms with E-state index < -0.39 is 0 Å². The van der Waals surface area contributed by atoms with Crippen LogP contribution in [0.25, 0.3) is 16.7 Å². The molecule has 0 atom stereocenters. The van der Waals surface area contributed by atoms with Crippen LogP contribution in [0.15, 0.2) is 79.1 Å². The summed E-state index contributed by atoms with van der Waals surface area (Å²) in [5.41, 5.74) is 3.87. The minimum absolute atomic E-state index is 0.0677. The normalized spacial score (nSPS) is 14.7. The maximum absolute atomic E-state index is 13.1. The van der Waals surface area contributed by atoms with Crippen molar-refractivity contribution in [1.82, 2.24) is 14.5 Å². The SMILES string of the molecule is COc1ccc(-n2ccc3cc(C(=O)N4CCC(c5ccccc5)CC4)cnc32)cc1. The van der Waals surface area contributed by atoms with Gasteiger partial charge in [-0.15, -0.1) is 0 Å². The number of likely N-dealkylation sites (tertiary alicyclic amines) is 1. The first-order chi connectivity index (χ1) is 15.2. The molecular weight excluding hydrogens is 386 g/mol. The van der Waals surface area contributed by atoms with Crippen molar-refractivity contribution in [2.45, 2.75) is 18.8 Å². The molecule has 2 aromatic heterocycles. The van der Waals surface area contributed by atoms with Gasteiger partial charge in [0.2, 0.25) is 0 Å². The summed E-state index contributed by atoms with van der Waals surface area (Å²) in [7, 11) is 1.66. The lowest BCUT2D eigenvalue weighted by Gasteiger charge is -2.32. The number of methoxy groups -OCH3 is 1. The Labute approximate surface area is 181 Å². The van der Waals surface area contributed by atoms with Crippen molar-refractivity contribution in [2.75, 3.05) is 20.2 Å². The van der Waals surface area contributed by atoms with Gasteiger partial charge in [-0.25, -0.2) is 4.98 Å². The van der Waals surface area contributed by atoms with Crippen LogP contribution in [0.1, 0.15) is 34.7 Å². The Kier molecular flexibility index (Phi) is 5.16. The highest BCUT2D eigenvalue weighted by atomic mass is 16.5. The van der Waals surface area contributed by atoms with Crippen molar-refractivity contribution in [3.63, 3.8) is 0 Å². The third-order valence-corrected chi connectivity index (χ3v) is 6.18. The third-order valence-electron chi connectivity index (χ3n) is 6.18. The number of pyridine rings is 1. The van der Waals surface area contributed by atoms with Gasteiger partial charge in [-0.2, -0.15) is 0 Å². The molecular formula is C26H25N3O2. The summed E-state index contributed by atoms with van der Waals surface area (Å²) < 4.78 is 7.26. The first kappa shape index (κ1) is 19.4. The molecule has 5 rings (SSSR count). The average Bonchev–Trinajstić information content (AvgIpc) is 3.27. The molecule has 4 aromatic rings. The molecule has 3 heterocycles. The third kappa shape index (κ3) is 3.79. The minimum Gasteiger partial charge on any atom is -0.497 e. The van der Waals surface area contributed by atoms with Gasteiger partial charge in [0.15, 0.2) is 0 Å². The number of rotatable bonds is 4. The number of benzene rings is 2. The number of piperidine rings is 1. The quantitative estimate of drug-likeness (QED) is 0.472. The van der Waals surface area contributed by atoms with E-state index >= 15 is 0 Å². The standard InChI is InChI=1S/C26H25N3O2/c1-31-24-9-7-23(8-10-24)29-16-13-21-17-22(18-27-25(21)29)26(30)28-14-11-20(12-15-28)19-5-3-2-4-6-19/h2-10,13,16-18,20H,11-12,14-15H2,1H3.